The third-order valence-corrected chi connectivity index (χ3v) is 5.89. The Bertz CT molecular complexity index is 600. The van der Waals surface area contributed by atoms with Crippen LogP contribution in [0.15, 0.2) is 12.4 Å². The maximum Gasteiger partial charge on any atom is 0.317 e. The zero-order valence-corrected chi connectivity index (χ0v) is 17.3. The Morgan fingerprint density at radius 3 is 2.11 bits per heavy atom. The number of hydrogen-bond acceptors (Lipinski definition) is 4. The van der Waals surface area contributed by atoms with Crippen molar-refractivity contribution in [2.45, 2.75) is 77.3 Å². The number of amides is 2. The van der Waals surface area contributed by atoms with Gasteiger partial charge in [-0.2, -0.15) is 0 Å². The highest BCUT2D eigenvalue weighted by atomic mass is 16.2. The normalized spacial score (nSPS) is 20.4. The maximum absolute atomic E-state index is 12.1. The topological polar surface area (TPSA) is 61.4 Å². The molecule has 27 heavy (non-hydrogen) atoms. The van der Waals surface area contributed by atoms with Crippen molar-refractivity contribution < 1.29 is 4.79 Å². The zero-order valence-electron chi connectivity index (χ0n) is 17.3. The molecule has 0 unspecified atom stereocenters. The predicted octanol–water partition coefficient (Wildman–Crippen LogP) is 3.36. The molecule has 2 amide bonds. The van der Waals surface area contributed by atoms with Gasteiger partial charge in [0.05, 0.1) is 0 Å². The fourth-order valence-corrected chi connectivity index (χ4v) is 4.23. The Balaban J connectivity index is 1.45. The number of likely N-dealkylation sites (tertiary alicyclic amines) is 2. The molecule has 0 bridgehead atoms. The molecule has 3 rings (SSSR count). The molecule has 150 valence electrons. The van der Waals surface area contributed by atoms with Crippen LogP contribution in [0.25, 0.3) is 0 Å². The molecule has 3 heterocycles. The first-order valence-electron chi connectivity index (χ1n) is 10.6. The molecule has 2 saturated heterocycles. The third-order valence-electron chi connectivity index (χ3n) is 5.89. The predicted molar refractivity (Wildman–Crippen MR) is 108 cm³/mol. The highest BCUT2D eigenvalue weighted by Gasteiger charge is 2.30. The number of carbonyl (C=O) groups excluding carboxylic acids is 1. The summed E-state index contributed by atoms with van der Waals surface area (Å²) < 4.78 is 0. The number of piperidine rings is 2. The second kappa shape index (κ2) is 9.00. The molecule has 0 atom stereocenters. The summed E-state index contributed by atoms with van der Waals surface area (Å²) in [5.74, 6) is 1.90. The van der Waals surface area contributed by atoms with Crippen molar-refractivity contribution in [2.75, 3.05) is 26.2 Å². The summed E-state index contributed by atoms with van der Waals surface area (Å²) in [5, 5.41) is 3.00. The average Bonchev–Trinajstić information content (AvgIpc) is 2.68. The van der Waals surface area contributed by atoms with E-state index >= 15 is 0 Å². The molecule has 0 radical (unpaired) electrons. The number of rotatable bonds is 4. The van der Waals surface area contributed by atoms with E-state index in [-0.39, 0.29) is 12.1 Å². The second-order valence-electron chi connectivity index (χ2n) is 8.66. The molecule has 6 heteroatoms. The van der Waals surface area contributed by atoms with Crippen molar-refractivity contribution in [3.05, 3.63) is 23.8 Å². The molecule has 0 saturated carbocycles. The molecule has 6 nitrogen and oxygen atoms in total. The van der Waals surface area contributed by atoms with E-state index in [0.29, 0.717) is 17.9 Å². The van der Waals surface area contributed by atoms with Crippen LogP contribution in [0.4, 0.5) is 4.79 Å². The van der Waals surface area contributed by atoms with Gasteiger partial charge in [0.1, 0.15) is 5.82 Å². The third kappa shape index (κ3) is 5.18. The van der Waals surface area contributed by atoms with Crippen molar-refractivity contribution in [3.8, 4) is 0 Å². The highest BCUT2D eigenvalue weighted by Crippen LogP contribution is 2.30. The van der Waals surface area contributed by atoms with Crippen molar-refractivity contribution in [1.82, 2.24) is 25.1 Å². The Kier molecular flexibility index (Phi) is 6.68. The van der Waals surface area contributed by atoms with E-state index in [2.05, 4.69) is 34.0 Å². The van der Waals surface area contributed by atoms with Gasteiger partial charge in [0.15, 0.2) is 0 Å². The fourth-order valence-electron chi connectivity index (χ4n) is 4.23. The molecule has 1 aromatic heterocycles. The van der Waals surface area contributed by atoms with Crippen molar-refractivity contribution in [3.63, 3.8) is 0 Å². The number of nitrogens with one attached hydrogen (secondary N) is 1. The van der Waals surface area contributed by atoms with Gasteiger partial charge in [-0.3, -0.25) is 0 Å². The van der Waals surface area contributed by atoms with Crippen molar-refractivity contribution >= 4 is 6.03 Å². The van der Waals surface area contributed by atoms with Crippen molar-refractivity contribution in [2.24, 2.45) is 0 Å². The molecule has 2 fully saturated rings. The minimum absolute atomic E-state index is 0.0898. The summed E-state index contributed by atoms with van der Waals surface area (Å²) in [4.78, 5) is 25.8. The van der Waals surface area contributed by atoms with Crippen molar-refractivity contribution in [1.29, 1.82) is 0 Å². The van der Waals surface area contributed by atoms with E-state index in [4.69, 9.17) is 0 Å². The number of nitrogens with zero attached hydrogens (tertiary/aromatic N) is 4. The lowest BCUT2D eigenvalue weighted by Crippen LogP contribution is -2.51. The monoisotopic (exact) mass is 373 g/mol. The van der Waals surface area contributed by atoms with Crippen LogP contribution in [-0.2, 0) is 0 Å². The largest absolute Gasteiger partial charge is 0.336 e. The molecule has 1 aromatic rings. The summed E-state index contributed by atoms with van der Waals surface area (Å²) in [6, 6.07) is 0.911. The van der Waals surface area contributed by atoms with Crippen LogP contribution in [-0.4, -0.2) is 64.1 Å². The summed E-state index contributed by atoms with van der Waals surface area (Å²) in [6.07, 6.45) is 8.60. The van der Waals surface area contributed by atoms with Gasteiger partial charge < -0.3 is 15.1 Å². The van der Waals surface area contributed by atoms with Gasteiger partial charge in [-0.1, -0.05) is 13.8 Å². The summed E-state index contributed by atoms with van der Waals surface area (Å²) in [5.41, 5.74) is 1.29. The van der Waals surface area contributed by atoms with E-state index in [0.717, 1.165) is 44.8 Å². The molecule has 0 aliphatic carbocycles. The van der Waals surface area contributed by atoms with E-state index in [9.17, 15) is 4.79 Å². The number of hydrogen-bond donors (Lipinski definition) is 1. The molecular weight excluding hydrogens is 338 g/mol. The van der Waals surface area contributed by atoms with Crippen LogP contribution in [0.2, 0.25) is 0 Å². The van der Waals surface area contributed by atoms with E-state index < -0.39 is 0 Å². The SMILES string of the molecule is CC(C)NC(=O)N1CCC(N2CCC(c3cnc(C(C)C)nc3)CC2)CC1. The molecule has 2 aliphatic rings. The Morgan fingerprint density at radius 2 is 1.59 bits per heavy atom. The summed E-state index contributed by atoms with van der Waals surface area (Å²) >= 11 is 0. The van der Waals surface area contributed by atoms with Crippen LogP contribution < -0.4 is 5.32 Å². The molecule has 0 aromatic carbocycles. The fraction of sp³-hybridized carbons (Fsp3) is 0.762. The van der Waals surface area contributed by atoms with Gasteiger partial charge in [0.25, 0.3) is 0 Å². The summed E-state index contributed by atoms with van der Waals surface area (Å²) in [7, 11) is 0. The van der Waals surface area contributed by atoms with E-state index in [1.54, 1.807) is 0 Å². The lowest BCUT2D eigenvalue weighted by Gasteiger charge is -2.42. The Hall–Kier alpha value is -1.69. The molecule has 1 N–H and O–H groups in total. The average molecular weight is 374 g/mol. The van der Waals surface area contributed by atoms with Gasteiger partial charge in [-0.15, -0.1) is 0 Å². The van der Waals surface area contributed by atoms with Gasteiger partial charge in [-0.25, -0.2) is 14.8 Å². The van der Waals surface area contributed by atoms with Crippen LogP contribution in [0.3, 0.4) is 0 Å². The molecule has 0 spiro atoms. The smallest absolute Gasteiger partial charge is 0.317 e. The minimum Gasteiger partial charge on any atom is -0.336 e. The highest BCUT2D eigenvalue weighted by molar-refractivity contribution is 5.74. The first kappa shape index (κ1) is 20.1. The van der Waals surface area contributed by atoms with Gasteiger partial charge in [0.2, 0.25) is 0 Å². The van der Waals surface area contributed by atoms with Gasteiger partial charge in [0, 0.05) is 43.5 Å². The first-order valence-corrected chi connectivity index (χ1v) is 10.6. The van der Waals surface area contributed by atoms with Crippen LogP contribution in [0.1, 0.15) is 76.6 Å². The minimum atomic E-state index is 0.0898. The van der Waals surface area contributed by atoms with E-state index in [1.807, 2.05) is 31.1 Å². The lowest BCUT2D eigenvalue weighted by molar-refractivity contribution is 0.0953. The Labute approximate surface area is 163 Å². The van der Waals surface area contributed by atoms with E-state index in [1.165, 1.54) is 18.4 Å². The quantitative estimate of drug-likeness (QED) is 0.879. The van der Waals surface area contributed by atoms with Crippen LogP contribution in [0, 0.1) is 0 Å². The second-order valence-corrected chi connectivity index (χ2v) is 8.66. The first-order chi connectivity index (χ1) is 12.9. The van der Waals surface area contributed by atoms with Gasteiger partial charge >= 0.3 is 6.03 Å². The molecule has 2 aliphatic heterocycles. The number of carbonyl (C=O) groups is 1. The maximum atomic E-state index is 12.1. The Morgan fingerprint density at radius 1 is 1.00 bits per heavy atom. The zero-order chi connectivity index (χ0) is 19.4. The molecular formula is C21H35N5O. The van der Waals surface area contributed by atoms with Gasteiger partial charge in [-0.05, 0) is 64.1 Å². The number of urea groups is 1. The summed E-state index contributed by atoms with van der Waals surface area (Å²) in [6.45, 7) is 12.3. The number of aromatic nitrogens is 2. The standard InChI is InChI=1S/C21H35N5O/c1-15(2)20-22-13-18(14-23-20)17-5-9-25(10-6-17)19-7-11-26(12-8-19)21(27)24-16(3)4/h13-17,19H,5-12H2,1-4H3,(H,24,27). The van der Waals surface area contributed by atoms with Crippen LogP contribution in [0.5, 0.6) is 0 Å². The van der Waals surface area contributed by atoms with Crippen LogP contribution >= 0.6 is 0 Å². The lowest BCUT2D eigenvalue weighted by atomic mass is 9.89.